The molecule has 1 aromatic heterocycles. The molecule has 7 aromatic carbocycles. The summed E-state index contributed by atoms with van der Waals surface area (Å²) < 4.78 is 1.29. The first-order valence-corrected chi connectivity index (χ1v) is 19.8. The van der Waals surface area contributed by atoms with Gasteiger partial charge in [0.1, 0.15) is 22.6 Å². The van der Waals surface area contributed by atoms with Crippen LogP contribution in [0.4, 0.5) is 17.1 Å². The van der Waals surface area contributed by atoms with E-state index in [1.165, 1.54) is 74.8 Å². The topological polar surface area (TPSA) is 3.24 Å². The Morgan fingerprint density at radius 2 is 1.28 bits per heavy atom. The van der Waals surface area contributed by atoms with Gasteiger partial charge in [-0.3, -0.25) is 0 Å². The Morgan fingerprint density at radius 1 is 0.547 bits per heavy atom. The molecule has 1 nitrogen and oxygen atoms in total. The minimum Gasteiger partial charge on any atom is -0.310 e. The number of anilines is 3. The van der Waals surface area contributed by atoms with E-state index in [0.29, 0.717) is 0 Å². The maximum absolute atomic E-state index is 6.71. The second-order valence-corrected chi connectivity index (χ2v) is 16.3. The maximum atomic E-state index is 6.71. The van der Waals surface area contributed by atoms with E-state index in [1.54, 1.807) is 0 Å². The summed E-state index contributed by atoms with van der Waals surface area (Å²) in [6.07, 6.45) is 9.67. The van der Waals surface area contributed by atoms with Crippen molar-refractivity contribution in [2.45, 2.75) is 15.2 Å². The predicted octanol–water partition coefficient (Wildman–Crippen LogP) is 14.4. The molecule has 1 atom stereocenters. The number of benzene rings is 7. The van der Waals surface area contributed by atoms with E-state index in [9.17, 15) is 0 Å². The third kappa shape index (κ3) is 4.56. The average Bonchev–Trinajstić information content (AvgIpc) is 3.72. The van der Waals surface area contributed by atoms with Crippen LogP contribution in [0.5, 0.6) is 0 Å². The first-order valence-electron chi connectivity index (χ1n) is 17.8. The Hall–Kier alpha value is -5.67. The number of halogens is 1. The molecule has 2 heterocycles. The molecule has 3 aliphatic rings. The highest BCUT2D eigenvalue weighted by atomic mass is 35.5. The van der Waals surface area contributed by atoms with Gasteiger partial charge in [-0.1, -0.05) is 138 Å². The van der Waals surface area contributed by atoms with Crippen molar-refractivity contribution >= 4 is 74.0 Å². The molecule has 4 heteroatoms. The zero-order valence-electron chi connectivity index (χ0n) is 28.4. The number of thiophene rings is 1. The zero-order chi connectivity index (χ0) is 35.1. The monoisotopic (exact) mass is 730 g/mol. The molecule has 1 aliphatic heterocycles. The quantitative estimate of drug-likeness (QED) is 0.166. The molecule has 0 bridgehead atoms. The van der Waals surface area contributed by atoms with Gasteiger partial charge in [0.25, 0.3) is 0 Å². The number of hydrogen-bond acceptors (Lipinski definition) is 3. The van der Waals surface area contributed by atoms with E-state index in [2.05, 4.69) is 181 Å². The average molecular weight is 731 g/mol. The number of rotatable bonds is 4. The Balaban J connectivity index is 1.21. The van der Waals surface area contributed by atoms with Gasteiger partial charge in [0.15, 0.2) is 0 Å². The molecular formula is C49H29ClNS2+. The van der Waals surface area contributed by atoms with Gasteiger partial charge < -0.3 is 4.90 Å². The maximum Gasteiger partial charge on any atom is 0.148 e. The van der Waals surface area contributed by atoms with E-state index in [0.717, 1.165) is 22.1 Å². The molecule has 248 valence electrons. The lowest BCUT2D eigenvalue weighted by Crippen LogP contribution is -2.32. The van der Waals surface area contributed by atoms with Crippen LogP contribution in [-0.4, -0.2) is 0 Å². The van der Waals surface area contributed by atoms with Crippen molar-refractivity contribution in [3.8, 4) is 22.3 Å². The molecule has 0 fully saturated rings. The van der Waals surface area contributed by atoms with Crippen LogP contribution in [0.15, 0.2) is 174 Å². The van der Waals surface area contributed by atoms with Crippen LogP contribution in [0.2, 0.25) is 5.02 Å². The van der Waals surface area contributed by atoms with Crippen LogP contribution in [0, 0.1) is 6.08 Å². The minimum absolute atomic E-state index is 0.509. The lowest BCUT2D eigenvalue weighted by atomic mass is 9.67. The van der Waals surface area contributed by atoms with Crippen molar-refractivity contribution < 1.29 is 0 Å². The van der Waals surface area contributed by atoms with Crippen molar-refractivity contribution in [1.82, 2.24) is 0 Å². The molecule has 1 unspecified atom stereocenters. The van der Waals surface area contributed by atoms with Crippen LogP contribution >= 0.6 is 34.7 Å². The SMILES string of the molecule is Clc1ccc2c(c1)Sc1ccccc1C21c2ccccc2-c2ccc(N(c3ccccc3)c3cc(-c4ccccc4)c4sc5c(c4c3)C=C[C+]=C5)cc21. The Bertz CT molecular complexity index is 2830. The van der Waals surface area contributed by atoms with Gasteiger partial charge in [-0.15, -0.1) is 0 Å². The summed E-state index contributed by atoms with van der Waals surface area (Å²) in [5, 5.41) is 2.01. The van der Waals surface area contributed by atoms with E-state index in [-0.39, 0.29) is 0 Å². The van der Waals surface area contributed by atoms with E-state index < -0.39 is 5.41 Å². The van der Waals surface area contributed by atoms with Gasteiger partial charge in [-0.25, -0.2) is 0 Å². The minimum atomic E-state index is -0.509. The summed E-state index contributed by atoms with van der Waals surface area (Å²) in [7, 11) is 0. The number of hydrogen-bond donors (Lipinski definition) is 0. The highest BCUT2D eigenvalue weighted by Gasteiger charge is 2.50. The fourth-order valence-electron chi connectivity index (χ4n) is 8.75. The lowest BCUT2D eigenvalue weighted by molar-refractivity contribution is 0.722. The summed E-state index contributed by atoms with van der Waals surface area (Å²) in [5.41, 5.74) is 14.2. The molecule has 0 N–H and O–H groups in total. The fourth-order valence-corrected chi connectivity index (χ4v) is 11.4. The third-order valence-corrected chi connectivity index (χ3v) is 13.5. The molecule has 0 saturated heterocycles. The van der Waals surface area contributed by atoms with Crippen molar-refractivity contribution in [3.05, 3.63) is 208 Å². The number of allylic oxidation sites excluding steroid dienone is 2. The van der Waals surface area contributed by atoms with Gasteiger partial charge >= 0.3 is 0 Å². The first kappa shape index (κ1) is 30.9. The normalized spacial score (nSPS) is 15.7. The van der Waals surface area contributed by atoms with Crippen LogP contribution in [0.25, 0.3) is 44.5 Å². The fraction of sp³-hybridized carbons (Fsp3) is 0.0204. The van der Waals surface area contributed by atoms with Crippen molar-refractivity contribution in [3.63, 3.8) is 0 Å². The number of nitrogens with zero attached hydrogens (tertiary/aromatic N) is 1. The van der Waals surface area contributed by atoms with Crippen LogP contribution in [0.3, 0.4) is 0 Å². The lowest BCUT2D eigenvalue weighted by Gasteiger charge is -2.40. The summed E-state index contributed by atoms with van der Waals surface area (Å²) in [5.74, 6) is 0. The van der Waals surface area contributed by atoms with Crippen LogP contribution < -0.4 is 4.90 Å². The first-order chi connectivity index (χ1) is 26.2. The second-order valence-electron chi connectivity index (χ2n) is 13.7. The van der Waals surface area contributed by atoms with E-state index in [4.69, 9.17) is 11.6 Å². The van der Waals surface area contributed by atoms with Gasteiger partial charge in [0, 0.05) is 48.9 Å². The second kappa shape index (κ2) is 11.9. The van der Waals surface area contributed by atoms with Crippen molar-refractivity contribution in [2.75, 3.05) is 4.90 Å². The van der Waals surface area contributed by atoms with Gasteiger partial charge in [0.05, 0.1) is 16.2 Å². The van der Waals surface area contributed by atoms with Crippen LogP contribution in [0.1, 0.15) is 32.7 Å². The molecule has 11 rings (SSSR count). The van der Waals surface area contributed by atoms with Crippen molar-refractivity contribution in [1.29, 1.82) is 0 Å². The van der Waals surface area contributed by atoms with Gasteiger partial charge in [-0.2, -0.15) is 0 Å². The van der Waals surface area contributed by atoms with E-state index >= 15 is 0 Å². The number of fused-ring (bicyclic) bond motifs is 12. The summed E-state index contributed by atoms with van der Waals surface area (Å²) in [6, 6.07) is 57.8. The largest absolute Gasteiger partial charge is 0.310 e. The zero-order valence-corrected chi connectivity index (χ0v) is 30.8. The molecular weight excluding hydrogens is 702 g/mol. The Kier molecular flexibility index (Phi) is 6.96. The van der Waals surface area contributed by atoms with E-state index in [1.807, 2.05) is 29.2 Å². The highest BCUT2D eigenvalue weighted by molar-refractivity contribution is 7.99. The summed E-state index contributed by atoms with van der Waals surface area (Å²) >= 11 is 10.4. The molecule has 0 amide bonds. The molecule has 2 aliphatic carbocycles. The Morgan fingerprint density at radius 3 is 2.15 bits per heavy atom. The summed E-state index contributed by atoms with van der Waals surface area (Å²) in [4.78, 5) is 6.14. The molecule has 0 radical (unpaired) electrons. The third-order valence-electron chi connectivity index (χ3n) is 10.9. The van der Waals surface area contributed by atoms with Crippen molar-refractivity contribution in [2.24, 2.45) is 0 Å². The predicted molar refractivity (Wildman–Crippen MR) is 225 cm³/mol. The Labute approximate surface area is 322 Å². The van der Waals surface area contributed by atoms with Gasteiger partial charge in [0.2, 0.25) is 0 Å². The standard InChI is InChI=1S/C49H29ClNS2/c50-32-23-26-43-47(27-32)52-46-22-12-10-20-42(46)49(43)41-19-9-7-17-36(41)37-25-24-34(30-44(37)49)51(33-15-5-2-6-16-33)35-28-39(31-13-3-1-4-14-31)48-40(29-35)38-18-8-11-21-45(38)53-48/h1-10,12-30H/q+1. The molecule has 1 spiro atoms. The molecule has 0 saturated carbocycles. The van der Waals surface area contributed by atoms with Gasteiger partial charge in [-0.05, 0) is 93.5 Å². The molecule has 8 aromatic rings. The number of para-hydroxylation sites is 1. The summed E-state index contributed by atoms with van der Waals surface area (Å²) in [6.45, 7) is 0. The smallest absolute Gasteiger partial charge is 0.148 e. The molecule has 53 heavy (non-hydrogen) atoms. The highest BCUT2D eigenvalue weighted by Crippen LogP contribution is 2.63. The van der Waals surface area contributed by atoms with Crippen LogP contribution in [-0.2, 0) is 5.41 Å².